The second kappa shape index (κ2) is 6.55. The van der Waals surface area contributed by atoms with Crippen molar-refractivity contribution in [1.29, 1.82) is 0 Å². The highest BCUT2D eigenvalue weighted by Crippen LogP contribution is 2.26. The molecular weight excluding hydrogens is 254 g/mol. The molecule has 0 unspecified atom stereocenters. The van der Waals surface area contributed by atoms with Crippen LogP contribution in [0, 0.1) is 12.3 Å². The molecule has 0 atom stereocenters. The van der Waals surface area contributed by atoms with Crippen LogP contribution in [0.15, 0.2) is 24.3 Å². The summed E-state index contributed by atoms with van der Waals surface area (Å²) in [6, 6.07) is 7.94. The standard InChI is InChI=1S/C16H23NO3/c1-12-7-5-6-8-13(12)11-17(4)14(18)9-16(2,3)10-15(19)20/h5-8H,9-11H2,1-4H3,(H,19,20). The largest absolute Gasteiger partial charge is 0.481 e. The molecule has 0 aliphatic carbocycles. The van der Waals surface area contributed by atoms with Crippen molar-refractivity contribution in [3.8, 4) is 0 Å². The van der Waals surface area contributed by atoms with Gasteiger partial charge < -0.3 is 10.0 Å². The van der Waals surface area contributed by atoms with Gasteiger partial charge in [-0.3, -0.25) is 9.59 Å². The van der Waals surface area contributed by atoms with E-state index in [0.29, 0.717) is 6.54 Å². The van der Waals surface area contributed by atoms with E-state index in [2.05, 4.69) is 0 Å². The molecule has 4 heteroatoms. The van der Waals surface area contributed by atoms with E-state index in [9.17, 15) is 9.59 Å². The summed E-state index contributed by atoms with van der Waals surface area (Å²) in [5.74, 6) is -0.899. The number of amides is 1. The lowest BCUT2D eigenvalue weighted by atomic mass is 9.85. The third kappa shape index (κ3) is 5.03. The van der Waals surface area contributed by atoms with Crippen LogP contribution in [0.5, 0.6) is 0 Å². The van der Waals surface area contributed by atoms with Gasteiger partial charge >= 0.3 is 5.97 Å². The molecule has 1 amide bonds. The van der Waals surface area contributed by atoms with E-state index in [1.54, 1.807) is 25.8 Å². The van der Waals surface area contributed by atoms with E-state index in [4.69, 9.17) is 5.11 Å². The number of carboxylic acid groups (broad SMARTS) is 1. The molecular formula is C16H23NO3. The van der Waals surface area contributed by atoms with Gasteiger partial charge in [0.1, 0.15) is 0 Å². The predicted octanol–water partition coefficient (Wildman–Crippen LogP) is 2.84. The SMILES string of the molecule is Cc1ccccc1CN(C)C(=O)CC(C)(C)CC(=O)O. The lowest BCUT2D eigenvalue weighted by Crippen LogP contribution is -2.31. The van der Waals surface area contributed by atoms with Gasteiger partial charge in [-0.05, 0) is 23.5 Å². The maximum absolute atomic E-state index is 12.2. The van der Waals surface area contributed by atoms with Crippen LogP contribution in [-0.2, 0) is 16.1 Å². The number of rotatable bonds is 6. The van der Waals surface area contributed by atoms with E-state index in [1.165, 1.54) is 0 Å². The summed E-state index contributed by atoms with van der Waals surface area (Å²) >= 11 is 0. The van der Waals surface area contributed by atoms with Crippen molar-refractivity contribution < 1.29 is 14.7 Å². The molecule has 0 aliphatic heterocycles. The molecule has 1 rings (SSSR count). The van der Waals surface area contributed by atoms with E-state index >= 15 is 0 Å². The average Bonchev–Trinajstić information content (AvgIpc) is 2.29. The third-order valence-electron chi connectivity index (χ3n) is 3.35. The van der Waals surface area contributed by atoms with E-state index in [-0.39, 0.29) is 18.7 Å². The normalized spacial score (nSPS) is 11.2. The van der Waals surface area contributed by atoms with Gasteiger partial charge in [0.2, 0.25) is 5.91 Å². The van der Waals surface area contributed by atoms with Crippen molar-refractivity contribution in [3.63, 3.8) is 0 Å². The Bertz CT molecular complexity index is 494. The molecule has 0 aliphatic rings. The van der Waals surface area contributed by atoms with Crippen molar-refractivity contribution in [2.45, 2.75) is 40.2 Å². The Kier molecular flexibility index (Phi) is 5.31. The number of carboxylic acids is 1. The van der Waals surface area contributed by atoms with Crippen LogP contribution < -0.4 is 0 Å². The summed E-state index contributed by atoms with van der Waals surface area (Å²) in [6.45, 7) is 6.18. The number of nitrogens with zero attached hydrogens (tertiary/aromatic N) is 1. The lowest BCUT2D eigenvalue weighted by Gasteiger charge is -2.26. The van der Waals surface area contributed by atoms with Crippen LogP contribution in [-0.4, -0.2) is 28.9 Å². The van der Waals surface area contributed by atoms with Gasteiger partial charge in [0.05, 0.1) is 6.42 Å². The monoisotopic (exact) mass is 277 g/mol. The van der Waals surface area contributed by atoms with Gasteiger partial charge in [-0.1, -0.05) is 38.1 Å². The number of hydrogen-bond donors (Lipinski definition) is 1. The molecule has 110 valence electrons. The topological polar surface area (TPSA) is 57.6 Å². The molecule has 0 spiro atoms. The molecule has 0 bridgehead atoms. The molecule has 0 fully saturated rings. The number of aryl methyl sites for hydroxylation is 1. The van der Waals surface area contributed by atoms with Crippen molar-refractivity contribution in [2.24, 2.45) is 5.41 Å². The Hall–Kier alpha value is -1.84. The predicted molar refractivity (Wildman–Crippen MR) is 78.3 cm³/mol. The molecule has 20 heavy (non-hydrogen) atoms. The first-order valence-corrected chi connectivity index (χ1v) is 6.71. The minimum Gasteiger partial charge on any atom is -0.481 e. The van der Waals surface area contributed by atoms with Crippen molar-refractivity contribution in [3.05, 3.63) is 35.4 Å². The number of aliphatic carboxylic acids is 1. The highest BCUT2D eigenvalue weighted by atomic mass is 16.4. The number of benzene rings is 1. The van der Waals surface area contributed by atoms with Crippen LogP contribution in [0.3, 0.4) is 0 Å². The Morgan fingerprint density at radius 1 is 1.20 bits per heavy atom. The number of carbonyl (C=O) groups is 2. The zero-order valence-electron chi connectivity index (χ0n) is 12.6. The summed E-state index contributed by atoms with van der Waals surface area (Å²) in [5, 5.41) is 8.85. The fourth-order valence-electron chi connectivity index (χ4n) is 2.15. The fourth-order valence-corrected chi connectivity index (χ4v) is 2.15. The Labute approximate surface area is 120 Å². The summed E-state index contributed by atoms with van der Waals surface area (Å²) in [4.78, 5) is 24.6. The van der Waals surface area contributed by atoms with Gasteiger partial charge in [-0.25, -0.2) is 0 Å². The third-order valence-corrected chi connectivity index (χ3v) is 3.35. The summed E-state index contributed by atoms with van der Waals surface area (Å²) in [5.41, 5.74) is 1.74. The molecule has 0 aromatic heterocycles. The quantitative estimate of drug-likeness (QED) is 0.870. The van der Waals surface area contributed by atoms with E-state index in [1.807, 2.05) is 31.2 Å². The van der Waals surface area contributed by atoms with Crippen molar-refractivity contribution in [2.75, 3.05) is 7.05 Å². The maximum atomic E-state index is 12.2. The van der Waals surface area contributed by atoms with Crippen LogP contribution >= 0.6 is 0 Å². The molecule has 1 aromatic rings. The van der Waals surface area contributed by atoms with E-state index in [0.717, 1.165) is 11.1 Å². The van der Waals surface area contributed by atoms with Crippen molar-refractivity contribution >= 4 is 11.9 Å². The van der Waals surface area contributed by atoms with Crippen LogP contribution in [0.4, 0.5) is 0 Å². The smallest absolute Gasteiger partial charge is 0.303 e. The van der Waals surface area contributed by atoms with Gasteiger partial charge in [0.25, 0.3) is 0 Å². The summed E-state index contributed by atoms with van der Waals surface area (Å²) < 4.78 is 0. The molecule has 0 saturated heterocycles. The van der Waals surface area contributed by atoms with Crippen LogP contribution in [0.1, 0.15) is 37.8 Å². The fraction of sp³-hybridized carbons (Fsp3) is 0.500. The highest BCUT2D eigenvalue weighted by Gasteiger charge is 2.26. The minimum atomic E-state index is -0.871. The van der Waals surface area contributed by atoms with Gasteiger partial charge in [0, 0.05) is 20.0 Å². The second-order valence-electron chi connectivity index (χ2n) is 6.09. The van der Waals surface area contributed by atoms with E-state index < -0.39 is 11.4 Å². The molecule has 0 saturated carbocycles. The first kappa shape index (κ1) is 16.2. The first-order valence-electron chi connectivity index (χ1n) is 6.71. The average molecular weight is 277 g/mol. The number of carbonyl (C=O) groups excluding carboxylic acids is 1. The van der Waals surface area contributed by atoms with Gasteiger partial charge in [-0.2, -0.15) is 0 Å². The highest BCUT2D eigenvalue weighted by molar-refractivity contribution is 5.77. The minimum absolute atomic E-state index is 0.00303. The molecule has 0 radical (unpaired) electrons. The molecule has 1 aromatic carbocycles. The van der Waals surface area contributed by atoms with Crippen LogP contribution in [0.25, 0.3) is 0 Å². The zero-order chi connectivity index (χ0) is 15.3. The number of hydrogen-bond acceptors (Lipinski definition) is 2. The van der Waals surface area contributed by atoms with Gasteiger partial charge in [-0.15, -0.1) is 0 Å². The Morgan fingerprint density at radius 2 is 1.80 bits per heavy atom. The maximum Gasteiger partial charge on any atom is 0.303 e. The molecule has 0 heterocycles. The van der Waals surface area contributed by atoms with Crippen LogP contribution in [0.2, 0.25) is 0 Å². The molecule has 4 nitrogen and oxygen atoms in total. The second-order valence-corrected chi connectivity index (χ2v) is 6.09. The van der Waals surface area contributed by atoms with Crippen molar-refractivity contribution in [1.82, 2.24) is 4.90 Å². The summed E-state index contributed by atoms with van der Waals surface area (Å²) in [6.07, 6.45) is 0.235. The first-order chi connectivity index (χ1) is 9.21. The van der Waals surface area contributed by atoms with Gasteiger partial charge in [0.15, 0.2) is 0 Å². The Morgan fingerprint density at radius 3 is 2.35 bits per heavy atom. The summed E-state index contributed by atoms with van der Waals surface area (Å²) in [7, 11) is 1.76. The Balaban J connectivity index is 2.64. The lowest BCUT2D eigenvalue weighted by molar-refractivity contribution is -0.140. The molecule has 1 N–H and O–H groups in total. The zero-order valence-corrected chi connectivity index (χ0v) is 12.6.